The molecule has 0 spiro atoms. The Kier molecular flexibility index (Phi) is 3.46. The zero-order chi connectivity index (χ0) is 10.6. The van der Waals surface area contributed by atoms with E-state index < -0.39 is 0 Å². The Labute approximate surface area is 84.9 Å². The second-order valence-corrected chi connectivity index (χ2v) is 3.34. The molecule has 1 rings (SSSR count). The van der Waals surface area contributed by atoms with Crippen molar-refractivity contribution in [3.8, 4) is 0 Å². The van der Waals surface area contributed by atoms with Gasteiger partial charge in [0.1, 0.15) is 0 Å². The molecule has 2 nitrogen and oxygen atoms in total. The summed E-state index contributed by atoms with van der Waals surface area (Å²) >= 11 is 0. The number of aryl methyl sites for hydroxylation is 1. The lowest BCUT2D eigenvalue weighted by molar-refractivity contribution is 0.0810. The first-order valence-electron chi connectivity index (χ1n) is 4.58. The molecule has 0 heterocycles. The van der Waals surface area contributed by atoms with Gasteiger partial charge in [-0.3, -0.25) is 4.79 Å². The normalized spacial score (nSPS) is 9.57. The van der Waals surface area contributed by atoms with Crippen LogP contribution < -0.4 is 0 Å². The predicted molar refractivity (Wildman–Crippen MR) is 58.3 cm³/mol. The molecule has 0 radical (unpaired) electrons. The zero-order valence-electron chi connectivity index (χ0n) is 8.66. The van der Waals surface area contributed by atoms with Crippen LogP contribution in [0.25, 0.3) is 0 Å². The molecular formula is C12H15NO. The lowest BCUT2D eigenvalue weighted by Crippen LogP contribution is -2.26. The monoisotopic (exact) mass is 189 g/mol. The van der Waals surface area contributed by atoms with Gasteiger partial charge in [-0.1, -0.05) is 23.8 Å². The quantitative estimate of drug-likeness (QED) is 0.668. The van der Waals surface area contributed by atoms with Crippen LogP contribution >= 0.6 is 0 Å². The Morgan fingerprint density at radius 3 is 2.86 bits per heavy atom. The molecule has 0 aliphatic carbocycles. The number of hydrogen-bond acceptors (Lipinski definition) is 1. The number of carbonyl (C=O) groups is 1. The van der Waals surface area contributed by atoms with Crippen molar-refractivity contribution >= 4 is 5.91 Å². The fourth-order valence-corrected chi connectivity index (χ4v) is 1.28. The molecule has 0 aliphatic heterocycles. The van der Waals surface area contributed by atoms with Crippen LogP contribution in [-0.2, 0) is 0 Å². The molecule has 14 heavy (non-hydrogen) atoms. The van der Waals surface area contributed by atoms with Crippen molar-refractivity contribution in [2.45, 2.75) is 6.92 Å². The molecule has 0 saturated heterocycles. The molecule has 0 fully saturated rings. The van der Waals surface area contributed by atoms with E-state index in [9.17, 15) is 4.79 Å². The Morgan fingerprint density at radius 2 is 2.29 bits per heavy atom. The summed E-state index contributed by atoms with van der Waals surface area (Å²) in [5.41, 5.74) is 1.83. The van der Waals surface area contributed by atoms with E-state index in [1.807, 2.05) is 31.2 Å². The van der Waals surface area contributed by atoms with Crippen LogP contribution in [0, 0.1) is 6.92 Å². The van der Waals surface area contributed by atoms with Gasteiger partial charge in [-0.2, -0.15) is 0 Å². The lowest BCUT2D eigenvalue weighted by Gasteiger charge is -2.14. The van der Waals surface area contributed by atoms with Crippen LogP contribution in [0.3, 0.4) is 0 Å². The van der Waals surface area contributed by atoms with Gasteiger partial charge in [-0.15, -0.1) is 6.58 Å². The maximum absolute atomic E-state index is 11.8. The summed E-state index contributed by atoms with van der Waals surface area (Å²) in [6, 6.07) is 7.59. The zero-order valence-corrected chi connectivity index (χ0v) is 8.66. The van der Waals surface area contributed by atoms with Crippen molar-refractivity contribution in [2.75, 3.05) is 13.6 Å². The van der Waals surface area contributed by atoms with Gasteiger partial charge < -0.3 is 4.90 Å². The van der Waals surface area contributed by atoms with Gasteiger partial charge in [0.05, 0.1) is 0 Å². The fourth-order valence-electron chi connectivity index (χ4n) is 1.28. The highest BCUT2D eigenvalue weighted by Crippen LogP contribution is 2.06. The van der Waals surface area contributed by atoms with E-state index in [0.29, 0.717) is 6.54 Å². The highest BCUT2D eigenvalue weighted by molar-refractivity contribution is 5.94. The molecule has 2 heteroatoms. The molecule has 1 aromatic rings. The summed E-state index contributed by atoms with van der Waals surface area (Å²) in [6.45, 7) is 6.15. The second kappa shape index (κ2) is 4.61. The van der Waals surface area contributed by atoms with E-state index in [4.69, 9.17) is 0 Å². The molecule has 0 aromatic heterocycles. The average molecular weight is 189 g/mol. The number of nitrogens with zero attached hydrogens (tertiary/aromatic N) is 1. The molecule has 0 aliphatic rings. The van der Waals surface area contributed by atoms with Crippen LogP contribution in [0.2, 0.25) is 0 Å². The van der Waals surface area contributed by atoms with Gasteiger partial charge in [0.15, 0.2) is 0 Å². The third-order valence-corrected chi connectivity index (χ3v) is 2.01. The van der Waals surface area contributed by atoms with Crippen molar-refractivity contribution in [1.82, 2.24) is 4.90 Å². The Bertz CT molecular complexity index is 344. The summed E-state index contributed by atoms with van der Waals surface area (Å²) < 4.78 is 0. The van der Waals surface area contributed by atoms with Crippen molar-refractivity contribution in [3.63, 3.8) is 0 Å². The summed E-state index contributed by atoms with van der Waals surface area (Å²) in [5, 5.41) is 0. The highest BCUT2D eigenvalue weighted by atomic mass is 16.2. The van der Waals surface area contributed by atoms with Crippen molar-refractivity contribution in [2.24, 2.45) is 0 Å². The largest absolute Gasteiger partial charge is 0.338 e. The minimum Gasteiger partial charge on any atom is -0.338 e. The van der Waals surface area contributed by atoms with E-state index in [2.05, 4.69) is 6.58 Å². The van der Waals surface area contributed by atoms with E-state index in [0.717, 1.165) is 11.1 Å². The standard InChI is InChI=1S/C12H15NO/c1-4-8-13(3)12(14)11-7-5-6-10(2)9-11/h4-7,9H,1,8H2,2-3H3. The second-order valence-electron chi connectivity index (χ2n) is 3.34. The van der Waals surface area contributed by atoms with Crippen LogP contribution in [0.15, 0.2) is 36.9 Å². The van der Waals surface area contributed by atoms with Crippen molar-refractivity contribution in [1.29, 1.82) is 0 Å². The van der Waals surface area contributed by atoms with Gasteiger partial charge in [0.2, 0.25) is 0 Å². The Morgan fingerprint density at radius 1 is 1.57 bits per heavy atom. The van der Waals surface area contributed by atoms with Crippen molar-refractivity contribution in [3.05, 3.63) is 48.0 Å². The van der Waals surface area contributed by atoms with Gasteiger partial charge in [0, 0.05) is 19.2 Å². The fraction of sp³-hybridized carbons (Fsp3) is 0.250. The minimum absolute atomic E-state index is 0.0357. The summed E-state index contributed by atoms with van der Waals surface area (Å²) in [5.74, 6) is 0.0357. The molecule has 74 valence electrons. The summed E-state index contributed by atoms with van der Waals surface area (Å²) in [7, 11) is 1.77. The van der Waals surface area contributed by atoms with Crippen LogP contribution in [-0.4, -0.2) is 24.4 Å². The molecule has 0 atom stereocenters. The number of benzene rings is 1. The predicted octanol–water partition coefficient (Wildman–Crippen LogP) is 2.25. The Balaban J connectivity index is 2.83. The molecule has 0 bridgehead atoms. The molecule has 1 amide bonds. The van der Waals surface area contributed by atoms with Crippen LogP contribution in [0.5, 0.6) is 0 Å². The minimum atomic E-state index is 0.0357. The first-order chi connectivity index (χ1) is 6.65. The molecule has 0 saturated carbocycles. The van der Waals surface area contributed by atoms with Crippen LogP contribution in [0.4, 0.5) is 0 Å². The first-order valence-corrected chi connectivity index (χ1v) is 4.58. The SMILES string of the molecule is C=CCN(C)C(=O)c1cccc(C)c1. The van der Waals surface area contributed by atoms with Gasteiger partial charge in [0.25, 0.3) is 5.91 Å². The highest BCUT2D eigenvalue weighted by Gasteiger charge is 2.09. The van der Waals surface area contributed by atoms with E-state index in [1.54, 1.807) is 18.0 Å². The number of hydrogen-bond donors (Lipinski definition) is 0. The first kappa shape index (κ1) is 10.5. The third-order valence-electron chi connectivity index (χ3n) is 2.01. The third kappa shape index (κ3) is 2.46. The van der Waals surface area contributed by atoms with Crippen LogP contribution in [0.1, 0.15) is 15.9 Å². The molecule has 0 unspecified atom stereocenters. The maximum Gasteiger partial charge on any atom is 0.253 e. The topological polar surface area (TPSA) is 20.3 Å². The smallest absolute Gasteiger partial charge is 0.253 e. The number of likely N-dealkylation sites (N-methyl/N-ethyl adjacent to an activating group) is 1. The maximum atomic E-state index is 11.8. The van der Waals surface area contributed by atoms with E-state index in [1.165, 1.54) is 0 Å². The van der Waals surface area contributed by atoms with E-state index in [-0.39, 0.29) is 5.91 Å². The average Bonchev–Trinajstić information content (AvgIpc) is 2.17. The molecule has 0 N–H and O–H groups in total. The number of rotatable bonds is 3. The van der Waals surface area contributed by atoms with Gasteiger partial charge >= 0.3 is 0 Å². The summed E-state index contributed by atoms with van der Waals surface area (Å²) in [6.07, 6.45) is 1.72. The number of amides is 1. The molecule has 1 aromatic carbocycles. The molecular weight excluding hydrogens is 174 g/mol. The number of carbonyl (C=O) groups excluding carboxylic acids is 1. The van der Waals surface area contributed by atoms with Gasteiger partial charge in [-0.05, 0) is 19.1 Å². The van der Waals surface area contributed by atoms with Gasteiger partial charge in [-0.25, -0.2) is 0 Å². The van der Waals surface area contributed by atoms with Crippen molar-refractivity contribution < 1.29 is 4.79 Å². The van der Waals surface area contributed by atoms with E-state index >= 15 is 0 Å². The Hall–Kier alpha value is -1.57. The summed E-state index contributed by atoms with van der Waals surface area (Å²) in [4.78, 5) is 13.4. The lowest BCUT2D eigenvalue weighted by atomic mass is 10.1.